The minimum absolute atomic E-state index is 0.0924. The van der Waals surface area contributed by atoms with Gasteiger partial charge in [0.15, 0.2) is 17.3 Å². The average molecular weight is 389 g/mol. The number of aromatic hydroxyl groups is 1. The van der Waals surface area contributed by atoms with Crippen molar-refractivity contribution in [3.63, 3.8) is 0 Å². The normalized spacial score (nSPS) is 11.2. The van der Waals surface area contributed by atoms with Crippen molar-refractivity contribution in [2.24, 2.45) is 5.10 Å². The minimum Gasteiger partial charge on any atom is -0.503 e. The lowest BCUT2D eigenvalue weighted by Gasteiger charge is -2.07. The molecular formula is C18H17ClN4O2S. The molecule has 26 heavy (non-hydrogen) atoms. The molecule has 0 spiro atoms. The first-order valence-electron chi connectivity index (χ1n) is 7.75. The van der Waals surface area contributed by atoms with Crippen molar-refractivity contribution in [3.8, 4) is 11.5 Å². The molecule has 0 aliphatic heterocycles. The molecule has 1 aromatic heterocycles. The summed E-state index contributed by atoms with van der Waals surface area (Å²) in [6, 6.07) is 13.3. The van der Waals surface area contributed by atoms with Gasteiger partial charge >= 0.3 is 0 Å². The molecule has 1 N–H and O–H groups in total. The van der Waals surface area contributed by atoms with Crippen LogP contribution in [0.5, 0.6) is 11.5 Å². The number of halogens is 1. The van der Waals surface area contributed by atoms with Gasteiger partial charge < -0.3 is 9.84 Å². The van der Waals surface area contributed by atoms with Crippen LogP contribution in [0.4, 0.5) is 0 Å². The summed E-state index contributed by atoms with van der Waals surface area (Å²) in [5.41, 5.74) is 1.81. The van der Waals surface area contributed by atoms with E-state index in [0.717, 1.165) is 11.4 Å². The third kappa shape index (κ3) is 4.00. The van der Waals surface area contributed by atoms with Crippen LogP contribution in [0.3, 0.4) is 0 Å². The van der Waals surface area contributed by atoms with Crippen molar-refractivity contribution in [1.82, 2.24) is 14.9 Å². The number of phenolic OH excluding ortho intramolecular Hbond substituents is 1. The van der Waals surface area contributed by atoms with Crippen LogP contribution in [0.1, 0.15) is 17.0 Å². The van der Waals surface area contributed by atoms with E-state index in [2.05, 4.69) is 15.3 Å². The zero-order valence-electron chi connectivity index (χ0n) is 14.3. The first-order chi connectivity index (χ1) is 12.6. The molecule has 6 nitrogen and oxygen atoms in total. The predicted octanol–water partition coefficient (Wildman–Crippen LogP) is 3.84. The Morgan fingerprint density at radius 3 is 2.73 bits per heavy atom. The van der Waals surface area contributed by atoms with Crippen LogP contribution < -0.4 is 4.74 Å². The van der Waals surface area contributed by atoms with Crippen molar-refractivity contribution < 1.29 is 9.84 Å². The molecule has 0 radical (unpaired) electrons. The molecule has 3 rings (SSSR count). The van der Waals surface area contributed by atoms with Crippen LogP contribution in [0.25, 0.3) is 0 Å². The van der Waals surface area contributed by atoms with Crippen molar-refractivity contribution in [3.05, 3.63) is 64.4 Å². The number of methoxy groups -OCH3 is 1. The van der Waals surface area contributed by atoms with Gasteiger partial charge in [0, 0.05) is 6.42 Å². The maximum atomic E-state index is 9.83. The summed E-state index contributed by atoms with van der Waals surface area (Å²) >= 11 is 7.49. The Morgan fingerprint density at radius 1 is 1.27 bits per heavy atom. The van der Waals surface area contributed by atoms with Gasteiger partial charge in [-0.1, -0.05) is 53.7 Å². The van der Waals surface area contributed by atoms with E-state index in [-0.39, 0.29) is 16.5 Å². The summed E-state index contributed by atoms with van der Waals surface area (Å²) in [5.74, 6) is 0.927. The summed E-state index contributed by atoms with van der Waals surface area (Å²) in [6.45, 7) is 0. The molecule has 0 saturated heterocycles. The quantitative estimate of drug-likeness (QED) is 0.513. The summed E-state index contributed by atoms with van der Waals surface area (Å²) in [6.07, 6.45) is 4.17. The van der Waals surface area contributed by atoms with Crippen LogP contribution >= 0.6 is 23.4 Å². The summed E-state index contributed by atoms with van der Waals surface area (Å²) in [5, 5.41) is 23.6. The fourth-order valence-electron chi connectivity index (χ4n) is 2.38. The van der Waals surface area contributed by atoms with E-state index >= 15 is 0 Å². The molecule has 0 saturated carbocycles. The number of thioether (sulfide) groups is 1. The summed E-state index contributed by atoms with van der Waals surface area (Å²) in [7, 11) is 1.47. The molecular weight excluding hydrogens is 372 g/mol. The topological polar surface area (TPSA) is 72.5 Å². The smallest absolute Gasteiger partial charge is 0.211 e. The monoisotopic (exact) mass is 388 g/mol. The number of hydrogen-bond acceptors (Lipinski definition) is 6. The number of phenols is 1. The van der Waals surface area contributed by atoms with Crippen molar-refractivity contribution in [2.45, 2.75) is 11.6 Å². The molecule has 0 fully saturated rings. The lowest BCUT2D eigenvalue weighted by Crippen LogP contribution is -2.01. The van der Waals surface area contributed by atoms with E-state index in [1.807, 2.05) is 36.6 Å². The SMILES string of the molecule is COc1cc(/C=N\n2c(Cc3ccccc3)nnc2SC)cc(Cl)c1O. The zero-order valence-corrected chi connectivity index (χ0v) is 15.8. The number of hydrogen-bond donors (Lipinski definition) is 1. The molecule has 3 aromatic rings. The molecule has 8 heteroatoms. The molecule has 0 unspecified atom stereocenters. The Morgan fingerprint density at radius 2 is 2.04 bits per heavy atom. The Balaban J connectivity index is 1.93. The van der Waals surface area contributed by atoms with Crippen LogP contribution in [0, 0.1) is 0 Å². The van der Waals surface area contributed by atoms with Crippen LogP contribution in [-0.2, 0) is 6.42 Å². The fourth-order valence-corrected chi connectivity index (χ4v) is 3.04. The highest BCUT2D eigenvalue weighted by Crippen LogP contribution is 2.34. The molecule has 134 valence electrons. The number of ether oxygens (including phenoxy) is 1. The van der Waals surface area contributed by atoms with Crippen molar-refractivity contribution in [2.75, 3.05) is 13.4 Å². The van der Waals surface area contributed by atoms with E-state index in [4.69, 9.17) is 16.3 Å². The molecule has 2 aromatic carbocycles. The van der Waals surface area contributed by atoms with Gasteiger partial charge in [-0.3, -0.25) is 0 Å². The predicted molar refractivity (Wildman–Crippen MR) is 104 cm³/mol. The van der Waals surface area contributed by atoms with E-state index < -0.39 is 0 Å². The van der Waals surface area contributed by atoms with Gasteiger partial charge in [-0.15, -0.1) is 10.2 Å². The third-order valence-electron chi connectivity index (χ3n) is 3.66. The largest absolute Gasteiger partial charge is 0.503 e. The Kier molecular flexibility index (Phi) is 5.80. The molecule has 0 atom stereocenters. The Hall–Kier alpha value is -2.51. The van der Waals surface area contributed by atoms with Crippen molar-refractivity contribution >= 4 is 29.6 Å². The van der Waals surface area contributed by atoms with Gasteiger partial charge in [0.2, 0.25) is 5.16 Å². The van der Waals surface area contributed by atoms with Crippen molar-refractivity contribution in [1.29, 1.82) is 0 Å². The van der Waals surface area contributed by atoms with Crippen LogP contribution in [-0.4, -0.2) is 39.6 Å². The lowest BCUT2D eigenvalue weighted by molar-refractivity contribution is 0.373. The molecule has 0 aliphatic rings. The van der Waals surface area contributed by atoms with Gasteiger partial charge in [-0.2, -0.15) is 9.78 Å². The fraction of sp³-hybridized carbons (Fsp3) is 0.167. The molecule has 1 heterocycles. The van der Waals surface area contributed by atoms with E-state index in [0.29, 0.717) is 17.1 Å². The first kappa shape index (κ1) is 18.3. The maximum absolute atomic E-state index is 9.83. The average Bonchev–Trinajstić information content (AvgIpc) is 3.05. The second-order valence-electron chi connectivity index (χ2n) is 5.38. The lowest BCUT2D eigenvalue weighted by atomic mass is 10.1. The van der Waals surface area contributed by atoms with E-state index in [1.54, 1.807) is 23.0 Å². The molecule has 0 bridgehead atoms. The van der Waals surface area contributed by atoms with Gasteiger partial charge in [-0.05, 0) is 29.5 Å². The number of benzene rings is 2. The van der Waals surface area contributed by atoms with Crippen LogP contribution in [0.2, 0.25) is 5.02 Å². The minimum atomic E-state index is -0.0924. The van der Waals surface area contributed by atoms with Gasteiger partial charge in [0.25, 0.3) is 0 Å². The van der Waals surface area contributed by atoms with Crippen LogP contribution in [0.15, 0.2) is 52.7 Å². The zero-order chi connectivity index (χ0) is 18.5. The van der Waals surface area contributed by atoms with Gasteiger partial charge in [-0.25, -0.2) is 0 Å². The van der Waals surface area contributed by atoms with E-state index in [9.17, 15) is 5.11 Å². The Bertz CT molecular complexity index is 928. The number of rotatable bonds is 6. The second-order valence-corrected chi connectivity index (χ2v) is 6.56. The first-order valence-corrected chi connectivity index (χ1v) is 9.35. The highest BCUT2D eigenvalue weighted by Gasteiger charge is 2.12. The highest BCUT2D eigenvalue weighted by molar-refractivity contribution is 7.98. The van der Waals surface area contributed by atoms with Gasteiger partial charge in [0.05, 0.1) is 18.3 Å². The third-order valence-corrected chi connectivity index (χ3v) is 4.57. The van der Waals surface area contributed by atoms with Gasteiger partial charge in [0.1, 0.15) is 0 Å². The summed E-state index contributed by atoms with van der Waals surface area (Å²) in [4.78, 5) is 0. The number of nitrogens with zero attached hydrogens (tertiary/aromatic N) is 4. The molecule has 0 amide bonds. The summed E-state index contributed by atoms with van der Waals surface area (Å²) < 4.78 is 6.82. The number of aromatic nitrogens is 3. The standard InChI is InChI=1S/C18H17ClN4O2S/c1-25-15-9-13(8-14(19)17(15)24)11-20-23-16(21-22-18(23)26-2)10-12-6-4-3-5-7-12/h3-9,11,24H,10H2,1-2H3/b20-11-. The molecule has 0 aliphatic carbocycles. The highest BCUT2D eigenvalue weighted by atomic mass is 35.5. The second kappa shape index (κ2) is 8.25. The Labute approximate surface area is 160 Å². The maximum Gasteiger partial charge on any atom is 0.211 e. The van der Waals surface area contributed by atoms with E-state index in [1.165, 1.54) is 18.9 Å².